The van der Waals surface area contributed by atoms with Crippen LogP contribution in [0.1, 0.15) is 19.8 Å². The fraction of sp³-hybridized carbons (Fsp3) is 0.357. The van der Waals surface area contributed by atoms with Gasteiger partial charge in [0.15, 0.2) is 5.16 Å². The van der Waals surface area contributed by atoms with Crippen LogP contribution in [0.4, 0.5) is 0 Å². The summed E-state index contributed by atoms with van der Waals surface area (Å²) < 4.78 is 1.96. The number of thioether (sulfide) groups is 1. The van der Waals surface area contributed by atoms with Gasteiger partial charge in [0.05, 0.1) is 16.3 Å². The van der Waals surface area contributed by atoms with Gasteiger partial charge >= 0.3 is 0 Å². The van der Waals surface area contributed by atoms with E-state index in [1.54, 1.807) is 0 Å². The number of carbonyl (C=O) groups excluding carboxylic acids is 1. The van der Waals surface area contributed by atoms with E-state index in [2.05, 4.69) is 20.5 Å². The number of carbonyl (C=O) groups is 1. The number of aromatic nitrogens is 4. The first kappa shape index (κ1) is 12.7. The molecule has 7 heteroatoms. The van der Waals surface area contributed by atoms with Crippen LogP contribution in [0.3, 0.4) is 0 Å². The van der Waals surface area contributed by atoms with Gasteiger partial charge in [-0.2, -0.15) is 0 Å². The number of nitrogens with one attached hydrogen (secondary N) is 2. The zero-order chi connectivity index (χ0) is 14.4. The van der Waals surface area contributed by atoms with E-state index in [0.717, 1.165) is 29.0 Å². The highest BCUT2D eigenvalue weighted by Gasteiger charge is 2.27. The van der Waals surface area contributed by atoms with E-state index in [1.807, 2.05) is 35.6 Å². The fourth-order valence-electron chi connectivity index (χ4n) is 2.28. The van der Waals surface area contributed by atoms with Crippen molar-refractivity contribution in [2.75, 3.05) is 0 Å². The zero-order valence-corrected chi connectivity index (χ0v) is 12.4. The summed E-state index contributed by atoms with van der Waals surface area (Å²) >= 11 is 1.45. The molecule has 0 aliphatic heterocycles. The smallest absolute Gasteiger partial charge is 0.233 e. The second-order valence-electron chi connectivity index (χ2n) is 5.31. The first-order valence-electron chi connectivity index (χ1n) is 7.01. The molecule has 1 aliphatic carbocycles. The van der Waals surface area contributed by atoms with Gasteiger partial charge in [0.2, 0.25) is 11.7 Å². The molecule has 21 heavy (non-hydrogen) atoms. The quantitative estimate of drug-likeness (QED) is 0.722. The molecule has 2 aromatic heterocycles. The maximum absolute atomic E-state index is 12.1. The lowest BCUT2D eigenvalue weighted by atomic mass is 10.3. The molecule has 0 radical (unpaired) electrons. The molecule has 1 aromatic carbocycles. The summed E-state index contributed by atoms with van der Waals surface area (Å²) in [5.74, 6) is 0.775. The molecule has 2 N–H and O–H groups in total. The first-order valence-corrected chi connectivity index (χ1v) is 7.89. The van der Waals surface area contributed by atoms with Crippen molar-refractivity contribution in [1.29, 1.82) is 0 Å². The van der Waals surface area contributed by atoms with Crippen LogP contribution in [0, 0.1) is 0 Å². The van der Waals surface area contributed by atoms with Gasteiger partial charge in [-0.05, 0) is 31.9 Å². The fourth-order valence-corrected chi connectivity index (χ4v) is 3.16. The molecule has 0 spiro atoms. The van der Waals surface area contributed by atoms with Crippen molar-refractivity contribution in [2.45, 2.75) is 36.2 Å². The largest absolute Gasteiger partial charge is 0.352 e. The van der Waals surface area contributed by atoms with Gasteiger partial charge in [0, 0.05) is 6.04 Å². The molecule has 1 unspecified atom stereocenters. The summed E-state index contributed by atoms with van der Waals surface area (Å²) in [5, 5.41) is 10.8. The van der Waals surface area contributed by atoms with Gasteiger partial charge in [0.25, 0.3) is 0 Å². The van der Waals surface area contributed by atoms with Gasteiger partial charge in [-0.25, -0.2) is 10.1 Å². The normalized spacial score (nSPS) is 16.4. The highest BCUT2D eigenvalue weighted by Crippen LogP contribution is 2.27. The standard InChI is InChI=1S/C14H15N5OS/c1-8(12(20)15-9-6-7-9)21-14-18-17-13-16-10-4-2-3-5-11(10)19(13)14/h2-5,8-9H,6-7H2,1H3,(H,15,20)(H,16,17). The number of hydrogen-bond acceptors (Lipinski definition) is 4. The third-order valence-corrected chi connectivity index (χ3v) is 4.63. The molecule has 2 heterocycles. The number of nitrogens with zero attached hydrogens (tertiary/aromatic N) is 3. The molecule has 0 bridgehead atoms. The molecular weight excluding hydrogens is 286 g/mol. The summed E-state index contributed by atoms with van der Waals surface area (Å²) in [6, 6.07) is 8.29. The Morgan fingerprint density at radius 2 is 2.29 bits per heavy atom. The van der Waals surface area contributed by atoms with E-state index >= 15 is 0 Å². The predicted molar refractivity (Wildman–Crippen MR) is 81.3 cm³/mol. The number of benzene rings is 1. The van der Waals surface area contributed by atoms with E-state index in [1.165, 1.54) is 11.8 Å². The summed E-state index contributed by atoms with van der Waals surface area (Å²) in [5.41, 5.74) is 1.92. The van der Waals surface area contributed by atoms with E-state index in [4.69, 9.17) is 0 Å². The first-order chi connectivity index (χ1) is 10.2. The minimum atomic E-state index is -0.182. The van der Waals surface area contributed by atoms with Crippen molar-refractivity contribution >= 4 is 34.5 Å². The Balaban J connectivity index is 1.64. The molecule has 1 saturated carbocycles. The second kappa shape index (κ2) is 4.77. The van der Waals surface area contributed by atoms with Crippen LogP contribution in [0.25, 0.3) is 16.8 Å². The van der Waals surface area contributed by atoms with Gasteiger partial charge < -0.3 is 5.32 Å². The number of imidazole rings is 1. The van der Waals surface area contributed by atoms with Crippen molar-refractivity contribution < 1.29 is 4.79 Å². The number of amides is 1. The van der Waals surface area contributed by atoms with E-state index in [-0.39, 0.29) is 11.2 Å². The molecule has 0 saturated heterocycles. The van der Waals surface area contributed by atoms with Crippen molar-refractivity contribution in [3.8, 4) is 0 Å². The number of fused-ring (bicyclic) bond motifs is 3. The topological polar surface area (TPSA) is 75.1 Å². The second-order valence-corrected chi connectivity index (χ2v) is 6.62. The monoisotopic (exact) mass is 301 g/mol. The van der Waals surface area contributed by atoms with Gasteiger partial charge in [-0.3, -0.25) is 9.20 Å². The molecular formula is C14H15N5OS. The lowest BCUT2D eigenvalue weighted by Gasteiger charge is -2.09. The van der Waals surface area contributed by atoms with Crippen molar-refractivity contribution in [1.82, 2.24) is 24.9 Å². The van der Waals surface area contributed by atoms with Crippen LogP contribution in [0.15, 0.2) is 29.4 Å². The average molecular weight is 301 g/mol. The van der Waals surface area contributed by atoms with Crippen molar-refractivity contribution in [3.63, 3.8) is 0 Å². The summed E-state index contributed by atoms with van der Waals surface area (Å²) in [7, 11) is 0. The van der Waals surface area contributed by atoms with E-state index < -0.39 is 0 Å². The third-order valence-electron chi connectivity index (χ3n) is 3.58. The third kappa shape index (κ3) is 2.27. The number of para-hydroxylation sites is 2. The van der Waals surface area contributed by atoms with Crippen LogP contribution < -0.4 is 5.32 Å². The highest BCUT2D eigenvalue weighted by molar-refractivity contribution is 8.00. The minimum absolute atomic E-state index is 0.0723. The summed E-state index contributed by atoms with van der Waals surface area (Å²) in [6.07, 6.45) is 2.20. The molecule has 1 fully saturated rings. The zero-order valence-electron chi connectivity index (χ0n) is 11.5. The molecule has 108 valence electrons. The highest BCUT2D eigenvalue weighted by atomic mass is 32.2. The number of H-pyrrole nitrogens is 1. The molecule has 1 atom stereocenters. The minimum Gasteiger partial charge on any atom is -0.352 e. The van der Waals surface area contributed by atoms with Gasteiger partial charge in [-0.1, -0.05) is 23.9 Å². The average Bonchev–Trinajstić information content (AvgIpc) is 3.09. The van der Waals surface area contributed by atoms with Crippen LogP contribution in [0.5, 0.6) is 0 Å². The number of hydrogen-bond donors (Lipinski definition) is 2. The van der Waals surface area contributed by atoms with Crippen molar-refractivity contribution in [3.05, 3.63) is 24.3 Å². The Kier molecular flexibility index (Phi) is 2.88. The summed E-state index contributed by atoms with van der Waals surface area (Å²) in [6.45, 7) is 1.90. The number of rotatable bonds is 4. The van der Waals surface area contributed by atoms with E-state index in [0.29, 0.717) is 11.8 Å². The number of aromatic amines is 1. The summed E-state index contributed by atoms with van der Waals surface area (Å²) in [4.78, 5) is 16.5. The van der Waals surface area contributed by atoms with Crippen LogP contribution >= 0.6 is 11.8 Å². The SMILES string of the molecule is CC(Sc1n[nH]c2nc3ccccc3n12)C(=O)NC1CC1. The molecule has 1 aliphatic rings. The van der Waals surface area contributed by atoms with Gasteiger partial charge in [-0.15, -0.1) is 5.10 Å². The Hall–Kier alpha value is -2.02. The molecule has 6 nitrogen and oxygen atoms in total. The van der Waals surface area contributed by atoms with Crippen LogP contribution in [-0.2, 0) is 4.79 Å². The molecule has 1 amide bonds. The predicted octanol–water partition coefficient (Wildman–Crippen LogP) is 1.97. The maximum Gasteiger partial charge on any atom is 0.233 e. The van der Waals surface area contributed by atoms with Gasteiger partial charge in [0.1, 0.15) is 0 Å². The Morgan fingerprint density at radius 3 is 3.10 bits per heavy atom. The Bertz CT molecular complexity index is 819. The lowest BCUT2D eigenvalue weighted by Crippen LogP contribution is -2.32. The maximum atomic E-state index is 12.1. The molecule has 3 aromatic rings. The van der Waals surface area contributed by atoms with Crippen molar-refractivity contribution in [2.24, 2.45) is 0 Å². The van der Waals surface area contributed by atoms with E-state index in [9.17, 15) is 4.79 Å². The Labute approximate surface area is 125 Å². The van der Waals surface area contributed by atoms with Crippen LogP contribution in [0.2, 0.25) is 0 Å². The lowest BCUT2D eigenvalue weighted by molar-refractivity contribution is -0.120. The Morgan fingerprint density at radius 1 is 1.48 bits per heavy atom. The molecule has 4 rings (SSSR count). The van der Waals surface area contributed by atoms with Crippen LogP contribution in [-0.4, -0.2) is 36.8 Å².